The number of nitrogens with one attached hydrogen (secondary N) is 1. The molecule has 2 aliphatic heterocycles. The first kappa shape index (κ1) is 15.7. The van der Waals surface area contributed by atoms with Crippen molar-refractivity contribution in [3.05, 3.63) is 29.8 Å². The van der Waals surface area contributed by atoms with Crippen molar-refractivity contribution in [2.75, 3.05) is 13.1 Å². The van der Waals surface area contributed by atoms with Crippen LogP contribution in [0, 0.1) is 5.82 Å². The number of H-pyrrole nitrogens is 1. The highest BCUT2D eigenvalue weighted by atomic mass is 19.1. The van der Waals surface area contributed by atoms with Gasteiger partial charge in [-0.3, -0.25) is 19.3 Å². The lowest BCUT2D eigenvalue weighted by molar-refractivity contribution is -0.146. The van der Waals surface area contributed by atoms with E-state index in [0.717, 1.165) is 17.7 Å². The molecule has 0 saturated carbocycles. The Labute approximate surface area is 142 Å². The van der Waals surface area contributed by atoms with Crippen molar-refractivity contribution in [3.63, 3.8) is 0 Å². The van der Waals surface area contributed by atoms with Gasteiger partial charge in [-0.15, -0.1) is 0 Å². The summed E-state index contributed by atoms with van der Waals surface area (Å²) < 4.78 is 13.3. The first-order valence-electron chi connectivity index (χ1n) is 8.31. The molecular weight excluding hydrogens is 327 g/mol. The van der Waals surface area contributed by atoms with E-state index >= 15 is 0 Å². The molecule has 130 valence electrons. The maximum absolute atomic E-state index is 13.3. The highest BCUT2D eigenvalue weighted by Gasteiger charge is 2.36. The number of hydrogen-bond acceptors (Lipinski definition) is 4. The van der Waals surface area contributed by atoms with Crippen LogP contribution in [0.5, 0.6) is 0 Å². The average molecular weight is 344 g/mol. The summed E-state index contributed by atoms with van der Waals surface area (Å²) in [4.78, 5) is 46.3. The van der Waals surface area contributed by atoms with Gasteiger partial charge in [-0.05, 0) is 31.0 Å². The minimum atomic E-state index is -0.354. The summed E-state index contributed by atoms with van der Waals surface area (Å²) in [6, 6.07) is 4.05. The Morgan fingerprint density at radius 2 is 2.04 bits per heavy atom. The molecule has 1 unspecified atom stereocenters. The maximum Gasteiger partial charge on any atom is 0.243 e. The number of imidazole rings is 1. The number of benzene rings is 1. The molecule has 3 heterocycles. The van der Waals surface area contributed by atoms with E-state index in [9.17, 15) is 18.8 Å². The second-order valence-electron chi connectivity index (χ2n) is 6.40. The molecule has 3 amide bonds. The molecule has 2 aromatic rings. The van der Waals surface area contributed by atoms with Gasteiger partial charge in [0.05, 0.1) is 17.1 Å². The van der Waals surface area contributed by atoms with Gasteiger partial charge in [-0.1, -0.05) is 0 Å². The van der Waals surface area contributed by atoms with Crippen LogP contribution in [-0.2, 0) is 14.4 Å². The number of imide groups is 1. The molecule has 0 bridgehead atoms. The number of fused-ring (bicyclic) bond motifs is 1. The predicted molar refractivity (Wildman–Crippen MR) is 85.7 cm³/mol. The molecule has 25 heavy (non-hydrogen) atoms. The number of carbonyl (C=O) groups is 3. The van der Waals surface area contributed by atoms with Crippen LogP contribution in [0.3, 0.4) is 0 Å². The lowest BCUT2D eigenvalue weighted by Gasteiger charge is -2.25. The third-order valence-electron chi connectivity index (χ3n) is 4.80. The second kappa shape index (κ2) is 5.94. The van der Waals surface area contributed by atoms with Crippen molar-refractivity contribution in [1.82, 2.24) is 19.8 Å². The van der Waals surface area contributed by atoms with E-state index in [1.54, 1.807) is 11.0 Å². The van der Waals surface area contributed by atoms with E-state index in [2.05, 4.69) is 9.97 Å². The zero-order valence-electron chi connectivity index (χ0n) is 13.5. The summed E-state index contributed by atoms with van der Waals surface area (Å²) in [5.41, 5.74) is 1.22. The Balaban J connectivity index is 1.55. The van der Waals surface area contributed by atoms with Crippen LogP contribution in [0.1, 0.15) is 37.5 Å². The van der Waals surface area contributed by atoms with Gasteiger partial charge in [-0.2, -0.15) is 0 Å². The summed E-state index contributed by atoms with van der Waals surface area (Å²) in [6.07, 6.45) is 1.88. The minimum Gasteiger partial charge on any atom is -0.340 e. The average Bonchev–Trinajstić information content (AvgIpc) is 3.28. The number of amides is 3. The van der Waals surface area contributed by atoms with Crippen molar-refractivity contribution >= 4 is 28.8 Å². The number of aromatic amines is 1. The van der Waals surface area contributed by atoms with E-state index < -0.39 is 0 Å². The number of likely N-dealkylation sites (tertiary alicyclic amines) is 2. The predicted octanol–water partition coefficient (Wildman–Crippen LogP) is 1.51. The monoisotopic (exact) mass is 344 g/mol. The van der Waals surface area contributed by atoms with Crippen molar-refractivity contribution in [2.45, 2.75) is 31.7 Å². The van der Waals surface area contributed by atoms with Gasteiger partial charge in [0.15, 0.2) is 0 Å². The number of nitrogens with zero attached hydrogens (tertiary/aromatic N) is 3. The van der Waals surface area contributed by atoms with E-state index in [1.165, 1.54) is 12.1 Å². The number of halogens is 1. The Morgan fingerprint density at radius 3 is 2.80 bits per heavy atom. The second-order valence-corrected chi connectivity index (χ2v) is 6.40. The van der Waals surface area contributed by atoms with Crippen LogP contribution in [0.15, 0.2) is 18.2 Å². The smallest absolute Gasteiger partial charge is 0.243 e. The molecule has 0 radical (unpaired) electrons. The van der Waals surface area contributed by atoms with Gasteiger partial charge < -0.3 is 9.88 Å². The number of hydrogen-bond donors (Lipinski definition) is 1. The number of aromatic nitrogens is 2. The first-order chi connectivity index (χ1) is 12.0. The lowest BCUT2D eigenvalue weighted by atomic mass is 10.2. The molecule has 1 N–H and O–H groups in total. The fourth-order valence-electron chi connectivity index (χ4n) is 3.53. The molecule has 7 nitrogen and oxygen atoms in total. The van der Waals surface area contributed by atoms with Crippen LogP contribution in [0.2, 0.25) is 0 Å². The Hall–Kier alpha value is -2.77. The van der Waals surface area contributed by atoms with Crippen molar-refractivity contribution in [2.24, 2.45) is 0 Å². The normalized spacial score (nSPS) is 20.9. The number of rotatable bonds is 3. The Morgan fingerprint density at radius 1 is 1.28 bits per heavy atom. The highest BCUT2D eigenvalue weighted by molar-refractivity contribution is 6.04. The molecule has 4 rings (SSSR count). The topological polar surface area (TPSA) is 86.4 Å². The molecule has 2 fully saturated rings. The quantitative estimate of drug-likeness (QED) is 0.855. The van der Waals surface area contributed by atoms with Crippen LogP contribution in [0.25, 0.3) is 11.0 Å². The third kappa shape index (κ3) is 2.77. The zero-order valence-corrected chi connectivity index (χ0v) is 13.5. The Kier molecular flexibility index (Phi) is 3.74. The van der Waals surface area contributed by atoms with E-state index in [4.69, 9.17) is 0 Å². The lowest BCUT2D eigenvalue weighted by Crippen LogP contribution is -2.42. The van der Waals surface area contributed by atoms with Crippen molar-refractivity contribution < 1.29 is 18.8 Å². The van der Waals surface area contributed by atoms with Gasteiger partial charge in [0.25, 0.3) is 0 Å². The SMILES string of the molecule is O=C1CCC(=O)N1CC(=O)N1CCCC1c1nc2ccc(F)cc2[nH]1. The van der Waals surface area contributed by atoms with Crippen LogP contribution < -0.4 is 0 Å². The molecule has 8 heteroatoms. The molecule has 1 aromatic heterocycles. The maximum atomic E-state index is 13.3. The summed E-state index contributed by atoms with van der Waals surface area (Å²) in [7, 11) is 0. The van der Waals surface area contributed by atoms with Gasteiger partial charge in [-0.25, -0.2) is 9.37 Å². The first-order valence-corrected chi connectivity index (χ1v) is 8.31. The minimum absolute atomic E-state index is 0.171. The fraction of sp³-hybridized carbons (Fsp3) is 0.412. The molecule has 1 atom stereocenters. The standard InChI is InChI=1S/C17H17FN4O3/c18-10-3-4-11-12(8-10)20-17(19-11)13-2-1-7-21(13)16(25)9-22-14(23)5-6-15(22)24/h3-4,8,13H,1-2,5-7,9H2,(H,19,20). The zero-order chi connectivity index (χ0) is 17.6. The molecule has 1 aromatic carbocycles. The van der Waals surface area contributed by atoms with Gasteiger partial charge in [0, 0.05) is 19.4 Å². The van der Waals surface area contributed by atoms with E-state index in [0.29, 0.717) is 23.4 Å². The molecule has 2 aliphatic rings. The summed E-state index contributed by atoms with van der Waals surface area (Å²) >= 11 is 0. The molecular formula is C17H17FN4O3. The largest absolute Gasteiger partial charge is 0.340 e. The fourth-order valence-corrected chi connectivity index (χ4v) is 3.53. The third-order valence-corrected chi connectivity index (χ3v) is 4.80. The molecule has 0 spiro atoms. The van der Waals surface area contributed by atoms with Crippen LogP contribution in [0.4, 0.5) is 4.39 Å². The van der Waals surface area contributed by atoms with E-state index in [1.807, 2.05) is 0 Å². The van der Waals surface area contributed by atoms with Crippen LogP contribution in [-0.4, -0.2) is 50.6 Å². The van der Waals surface area contributed by atoms with Crippen LogP contribution >= 0.6 is 0 Å². The molecule has 2 saturated heterocycles. The summed E-state index contributed by atoms with van der Waals surface area (Å²) in [6.45, 7) is 0.328. The van der Waals surface area contributed by atoms with Gasteiger partial charge in [0.2, 0.25) is 17.7 Å². The number of carbonyl (C=O) groups excluding carboxylic acids is 3. The highest BCUT2D eigenvalue weighted by Crippen LogP contribution is 2.32. The summed E-state index contributed by atoms with van der Waals surface area (Å²) in [5, 5.41) is 0. The van der Waals surface area contributed by atoms with Crippen molar-refractivity contribution in [1.29, 1.82) is 0 Å². The molecule has 0 aliphatic carbocycles. The van der Waals surface area contributed by atoms with Gasteiger partial charge in [0.1, 0.15) is 18.2 Å². The Bertz CT molecular complexity index is 862. The van der Waals surface area contributed by atoms with Crippen molar-refractivity contribution in [3.8, 4) is 0 Å². The summed E-state index contributed by atoms with van der Waals surface area (Å²) in [5.74, 6) is -0.613. The van der Waals surface area contributed by atoms with Gasteiger partial charge >= 0.3 is 0 Å². The van der Waals surface area contributed by atoms with E-state index in [-0.39, 0.29) is 49.0 Å².